The van der Waals surface area contributed by atoms with Crippen molar-refractivity contribution in [2.24, 2.45) is 0 Å². The standard InChI is InChI=1S/C25H35NO10/c1-16(27)26-22-24(35-19(4)30)23(34-18(3)29)21(15-33-17(2)28)36-25(22)32-13-9-8-12-31-14-20-10-6-5-7-11-20/h5-7,10-11,21-25H,8-9,12-15H2,1-4H3,(H,26,27). The van der Waals surface area contributed by atoms with Crippen molar-refractivity contribution >= 4 is 23.8 Å². The number of hydrogen-bond donors (Lipinski definition) is 1. The van der Waals surface area contributed by atoms with E-state index >= 15 is 0 Å². The molecule has 0 aromatic heterocycles. The van der Waals surface area contributed by atoms with Gasteiger partial charge in [0.05, 0.1) is 6.61 Å². The molecule has 1 aliphatic rings. The van der Waals surface area contributed by atoms with E-state index in [1.807, 2.05) is 30.3 Å². The molecule has 1 N–H and O–H groups in total. The molecule has 0 bridgehead atoms. The molecule has 0 spiro atoms. The number of amides is 1. The quantitative estimate of drug-likeness (QED) is 0.237. The minimum atomic E-state index is -1.14. The van der Waals surface area contributed by atoms with E-state index in [1.165, 1.54) is 27.7 Å². The van der Waals surface area contributed by atoms with E-state index in [0.717, 1.165) is 5.56 Å². The Morgan fingerprint density at radius 1 is 0.861 bits per heavy atom. The predicted molar refractivity (Wildman–Crippen MR) is 125 cm³/mol. The lowest BCUT2D eigenvalue weighted by Gasteiger charge is -2.44. The summed E-state index contributed by atoms with van der Waals surface area (Å²) in [5.74, 6) is -2.31. The molecule has 1 aromatic rings. The third-order valence-electron chi connectivity index (χ3n) is 5.15. The Morgan fingerprint density at radius 2 is 1.50 bits per heavy atom. The maximum absolute atomic E-state index is 11.9. The second-order valence-electron chi connectivity index (χ2n) is 8.34. The maximum Gasteiger partial charge on any atom is 0.303 e. The van der Waals surface area contributed by atoms with E-state index in [-0.39, 0.29) is 13.2 Å². The smallest absolute Gasteiger partial charge is 0.303 e. The molecular weight excluding hydrogens is 474 g/mol. The van der Waals surface area contributed by atoms with Crippen LogP contribution in [0.4, 0.5) is 0 Å². The van der Waals surface area contributed by atoms with Gasteiger partial charge in [-0.05, 0) is 18.4 Å². The van der Waals surface area contributed by atoms with Gasteiger partial charge in [-0.1, -0.05) is 30.3 Å². The van der Waals surface area contributed by atoms with Gasteiger partial charge in [0, 0.05) is 40.9 Å². The highest BCUT2D eigenvalue weighted by Crippen LogP contribution is 2.28. The van der Waals surface area contributed by atoms with Gasteiger partial charge in [-0.15, -0.1) is 0 Å². The molecule has 0 radical (unpaired) electrons. The first-order valence-corrected chi connectivity index (χ1v) is 11.8. The highest BCUT2D eigenvalue weighted by atomic mass is 16.7. The first-order chi connectivity index (χ1) is 17.2. The molecule has 5 atom stereocenters. The molecule has 1 aliphatic heterocycles. The van der Waals surface area contributed by atoms with Crippen LogP contribution in [-0.2, 0) is 54.2 Å². The van der Waals surface area contributed by atoms with Crippen LogP contribution in [0.15, 0.2) is 30.3 Å². The Hall–Kier alpha value is -3.02. The van der Waals surface area contributed by atoms with Gasteiger partial charge in [0.25, 0.3) is 0 Å². The number of esters is 3. The number of carbonyl (C=O) groups is 4. The fourth-order valence-corrected chi connectivity index (χ4v) is 3.70. The van der Waals surface area contributed by atoms with E-state index in [1.54, 1.807) is 0 Å². The third kappa shape index (κ3) is 10.3. The van der Waals surface area contributed by atoms with Crippen molar-refractivity contribution in [3.63, 3.8) is 0 Å². The Morgan fingerprint density at radius 3 is 2.11 bits per heavy atom. The molecule has 11 nitrogen and oxygen atoms in total. The minimum Gasteiger partial charge on any atom is -0.463 e. The first kappa shape index (κ1) is 29.2. The average Bonchev–Trinajstić information content (AvgIpc) is 2.80. The van der Waals surface area contributed by atoms with Crippen molar-refractivity contribution in [1.29, 1.82) is 0 Å². The van der Waals surface area contributed by atoms with E-state index < -0.39 is 54.5 Å². The first-order valence-electron chi connectivity index (χ1n) is 11.8. The third-order valence-corrected chi connectivity index (χ3v) is 5.15. The average molecular weight is 510 g/mol. The Kier molecular flexibility index (Phi) is 12.3. The minimum absolute atomic E-state index is 0.251. The summed E-state index contributed by atoms with van der Waals surface area (Å²) in [5, 5.41) is 2.67. The SMILES string of the molecule is CC(=O)NC1C(OCCCCOCc2ccccc2)OC(COC(C)=O)C(OC(C)=O)C1OC(C)=O. The van der Waals surface area contributed by atoms with Crippen LogP contribution in [0.3, 0.4) is 0 Å². The molecule has 11 heteroatoms. The predicted octanol–water partition coefficient (Wildman–Crippen LogP) is 1.66. The van der Waals surface area contributed by atoms with Crippen LogP contribution >= 0.6 is 0 Å². The van der Waals surface area contributed by atoms with Crippen LogP contribution in [0.2, 0.25) is 0 Å². The van der Waals surface area contributed by atoms with E-state index in [2.05, 4.69) is 5.32 Å². The lowest BCUT2D eigenvalue weighted by molar-refractivity contribution is -0.277. The highest BCUT2D eigenvalue weighted by molar-refractivity contribution is 5.73. The monoisotopic (exact) mass is 509 g/mol. The summed E-state index contributed by atoms with van der Waals surface area (Å²) in [7, 11) is 0. The maximum atomic E-state index is 11.9. The van der Waals surface area contributed by atoms with Crippen LogP contribution in [-0.4, -0.2) is 74.3 Å². The molecule has 1 saturated heterocycles. The number of carbonyl (C=O) groups excluding carboxylic acids is 4. The molecule has 0 aliphatic carbocycles. The molecule has 1 fully saturated rings. The van der Waals surface area contributed by atoms with Crippen LogP contribution in [0.25, 0.3) is 0 Å². The van der Waals surface area contributed by atoms with Crippen molar-refractivity contribution in [3.8, 4) is 0 Å². The number of nitrogens with one attached hydrogen (secondary N) is 1. The lowest BCUT2D eigenvalue weighted by atomic mass is 9.96. The molecule has 5 unspecified atom stereocenters. The fourth-order valence-electron chi connectivity index (χ4n) is 3.70. The van der Waals surface area contributed by atoms with Gasteiger partial charge < -0.3 is 33.7 Å². The summed E-state index contributed by atoms with van der Waals surface area (Å²) in [4.78, 5) is 46.9. The summed E-state index contributed by atoms with van der Waals surface area (Å²) in [6.45, 7) is 5.90. The van der Waals surface area contributed by atoms with Gasteiger partial charge in [0.2, 0.25) is 5.91 Å². The second kappa shape index (κ2) is 15.2. The van der Waals surface area contributed by atoms with Crippen molar-refractivity contribution in [2.75, 3.05) is 19.8 Å². The summed E-state index contributed by atoms with van der Waals surface area (Å²) in [6.07, 6.45) is -2.99. The summed E-state index contributed by atoms with van der Waals surface area (Å²) >= 11 is 0. The number of ether oxygens (including phenoxy) is 6. The van der Waals surface area contributed by atoms with Crippen molar-refractivity contribution < 1.29 is 47.6 Å². The number of rotatable bonds is 13. The van der Waals surface area contributed by atoms with Crippen molar-refractivity contribution in [1.82, 2.24) is 5.32 Å². The largest absolute Gasteiger partial charge is 0.463 e. The van der Waals surface area contributed by atoms with Crippen LogP contribution in [0, 0.1) is 0 Å². The van der Waals surface area contributed by atoms with E-state index in [9.17, 15) is 19.2 Å². The molecule has 36 heavy (non-hydrogen) atoms. The summed E-state index contributed by atoms with van der Waals surface area (Å²) in [6, 6.07) is 8.84. The normalized spacial score (nSPS) is 23.4. The molecular formula is C25H35NO10. The zero-order valence-electron chi connectivity index (χ0n) is 21.1. The molecule has 1 amide bonds. The zero-order chi connectivity index (χ0) is 26.5. The van der Waals surface area contributed by atoms with Crippen LogP contribution in [0.5, 0.6) is 0 Å². The second-order valence-corrected chi connectivity index (χ2v) is 8.34. The molecule has 0 saturated carbocycles. The van der Waals surface area contributed by atoms with Gasteiger partial charge in [-0.25, -0.2) is 0 Å². The Balaban J connectivity index is 2.03. The highest BCUT2D eigenvalue weighted by Gasteiger charge is 2.51. The lowest BCUT2D eigenvalue weighted by Crippen LogP contribution is -2.66. The van der Waals surface area contributed by atoms with Crippen LogP contribution < -0.4 is 5.32 Å². The van der Waals surface area contributed by atoms with Gasteiger partial charge >= 0.3 is 17.9 Å². The Bertz CT molecular complexity index is 862. The van der Waals surface area contributed by atoms with Crippen LogP contribution in [0.1, 0.15) is 46.1 Å². The number of unbranched alkanes of at least 4 members (excludes halogenated alkanes) is 1. The van der Waals surface area contributed by atoms with E-state index in [4.69, 9.17) is 28.4 Å². The molecule has 1 aromatic carbocycles. The summed E-state index contributed by atoms with van der Waals surface area (Å²) < 4.78 is 33.4. The van der Waals surface area contributed by atoms with Gasteiger partial charge in [-0.3, -0.25) is 19.2 Å². The topological polar surface area (TPSA) is 136 Å². The molecule has 2 rings (SSSR count). The number of benzene rings is 1. The fraction of sp³-hybridized carbons (Fsp3) is 0.600. The van der Waals surface area contributed by atoms with Gasteiger partial charge in [0.1, 0.15) is 18.8 Å². The molecule has 200 valence electrons. The van der Waals surface area contributed by atoms with Gasteiger partial charge in [0.15, 0.2) is 18.5 Å². The van der Waals surface area contributed by atoms with E-state index in [0.29, 0.717) is 26.1 Å². The Labute approximate surface area is 210 Å². The molecule has 1 heterocycles. The van der Waals surface area contributed by atoms with Crippen molar-refractivity contribution in [3.05, 3.63) is 35.9 Å². The summed E-state index contributed by atoms with van der Waals surface area (Å²) in [5.41, 5.74) is 1.08. The zero-order valence-corrected chi connectivity index (χ0v) is 21.1. The van der Waals surface area contributed by atoms with Gasteiger partial charge in [-0.2, -0.15) is 0 Å². The van der Waals surface area contributed by atoms with Crippen molar-refractivity contribution in [2.45, 2.75) is 77.8 Å². The number of hydrogen-bond acceptors (Lipinski definition) is 10.